The Hall–Kier alpha value is -2.76. The van der Waals surface area contributed by atoms with Gasteiger partial charge in [0.2, 0.25) is 0 Å². The van der Waals surface area contributed by atoms with Gasteiger partial charge in [-0.2, -0.15) is 0 Å². The molecule has 0 aliphatic rings. The summed E-state index contributed by atoms with van der Waals surface area (Å²) in [5.41, 5.74) is 2.43. The van der Waals surface area contributed by atoms with E-state index in [4.69, 9.17) is 0 Å². The van der Waals surface area contributed by atoms with Crippen LogP contribution in [0.4, 0.5) is 8.78 Å². The average Bonchev–Trinajstić information content (AvgIpc) is 3.06. The summed E-state index contributed by atoms with van der Waals surface area (Å²) in [6.07, 6.45) is -2.67. The molecule has 26 heavy (non-hydrogen) atoms. The number of fused-ring (bicyclic) bond motifs is 1. The van der Waals surface area contributed by atoms with Crippen LogP contribution < -0.4 is 5.32 Å². The Morgan fingerprint density at radius 2 is 1.88 bits per heavy atom. The maximum atomic E-state index is 12.7. The molecule has 1 atom stereocenters. The molecule has 0 saturated heterocycles. The van der Waals surface area contributed by atoms with Crippen molar-refractivity contribution in [1.82, 2.24) is 15.3 Å². The Bertz CT molecular complexity index is 890. The van der Waals surface area contributed by atoms with Gasteiger partial charge in [0.25, 0.3) is 12.3 Å². The molecule has 0 radical (unpaired) electrons. The molecular weight excluding hydrogens is 336 g/mol. The van der Waals surface area contributed by atoms with Gasteiger partial charge in [-0.1, -0.05) is 44.2 Å². The molecule has 0 bridgehead atoms. The van der Waals surface area contributed by atoms with E-state index in [-0.39, 0.29) is 17.6 Å². The van der Waals surface area contributed by atoms with Crippen molar-refractivity contribution in [1.29, 1.82) is 0 Å². The smallest absolute Gasteiger partial charge is 0.295 e. The molecule has 2 N–H and O–H groups in total. The van der Waals surface area contributed by atoms with E-state index in [0.717, 1.165) is 0 Å². The Labute approximate surface area is 150 Å². The van der Waals surface area contributed by atoms with E-state index in [1.165, 1.54) is 5.56 Å². The van der Waals surface area contributed by atoms with Crippen LogP contribution in [0.25, 0.3) is 11.0 Å². The zero-order valence-corrected chi connectivity index (χ0v) is 14.7. The first-order valence-electron chi connectivity index (χ1n) is 8.56. The maximum Gasteiger partial charge on any atom is 0.295 e. The van der Waals surface area contributed by atoms with Gasteiger partial charge in [-0.25, -0.2) is 13.8 Å². The first-order valence-corrected chi connectivity index (χ1v) is 8.56. The van der Waals surface area contributed by atoms with Crippen molar-refractivity contribution in [2.45, 2.75) is 26.2 Å². The normalized spacial score (nSPS) is 12.7. The van der Waals surface area contributed by atoms with Crippen LogP contribution in [0.15, 0.2) is 48.5 Å². The van der Waals surface area contributed by atoms with E-state index in [2.05, 4.69) is 41.3 Å². The fourth-order valence-corrected chi connectivity index (χ4v) is 3.02. The molecule has 0 fully saturated rings. The van der Waals surface area contributed by atoms with Crippen LogP contribution in [0.5, 0.6) is 0 Å². The summed E-state index contributed by atoms with van der Waals surface area (Å²) >= 11 is 0. The Kier molecular flexibility index (Phi) is 5.30. The first kappa shape index (κ1) is 18.0. The standard InChI is InChI=1S/C20H21F2N3O/c1-12(2)15(13-6-4-3-5-7-13)11-23-20(26)14-8-9-16-17(10-14)25-19(24-16)18(21)22/h3-10,12,15,18H,11H2,1-2H3,(H,23,26)(H,24,25). The second-order valence-electron chi connectivity index (χ2n) is 6.63. The highest BCUT2D eigenvalue weighted by Gasteiger charge is 2.18. The lowest BCUT2D eigenvalue weighted by atomic mass is 9.88. The van der Waals surface area contributed by atoms with Crippen LogP contribution >= 0.6 is 0 Å². The predicted molar refractivity (Wildman–Crippen MR) is 97.4 cm³/mol. The van der Waals surface area contributed by atoms with Crippen molar-refractivity contribution >= 4 is 16.9 Å². The monoisotopic (exact) mass is 357 g/mol. The van der Waals surface area contributed by atoms with Gasteiger partial charge < -0.3 is 10.3 Å². The lowest BCUT2D eigenvalue weighted by molar-refractivity contribution is 0.0949. The third-order valence-corrected chi connectivity index (χ3v) is 4.48. The number of hydrogen-bond donors (Lipinski definition) is 2. The number of amides is 1. The lowest BCUT2D eigenvalue weighted by Crippen LogP contribution is -2.30. The molecule has 0 saturated carbocycles. The third kappa shape index (κ3) is 3.90. The predicted octanol–water partition coefficient (Wildman–Crippen LogP) is 4.67. The van der Waals surface area contributed by atoms with E-state index < -0.39 is 6.43 Å². The van der Waals surface area contributed by atoms with Crippen LogP contribution in [0, 0.1) is 5.92 Å². The van der Waals surface area contributed by atoms with Crippen molar-refractivity contribution in [2.24, 2.45) is 5.92 Å². The molecule has 3 aromatic rings. The molecule has 4 nitrogen and oxygen atoms in total. The number of halogens is 2. The van der Waals surface area contributed by atoms with Crippen molar-refractivity contribution < 1.29 is 13.6 Å². The highest BCUT2D eigenvalue weighted by Crippen LogP contribution is 2.24. The molecule has 0 aliphatic heterocycles. The Balaban J connectivity index is 1.73. The minimum absolute atomic E-state index is 0.196. The van der Waals surface area contributed by atoms with E-state index in [1.807, 2.05) is 18.2 Å². The molecule has 1 heterocycles. The fraction of sp³-hybridized carbons (Fsp3) is 0.300. The minimum Gasteiger partial charge on any atom is -0.351 e. The number of imidazole rings is 1. The number of nitrogens with one attached hydrogen (secondary N) is 2. The van der Waals surface area contributed by atoms with Crippen molar-refractivity contribution in [3.05, 3.63) is 65.5 Å². The number of nitrogens with zero attached hydrogens (tertiary/aromatic N) is 1. The number of hydrogen-bond acceptors (Lipinski definition) is 2. The molecule has 1 amide bonds. The van der Waals surface area contributed by atoms with E-state index in [0.29, 0.717) is 29.1 Å². The van der Waals surface area contributed by atoms with Gasteiger partial charge in [0.1, 0.15) is 0 Å². The molecule has 1 aromatic heterocycles. The van der Waals surface area contributed by atoms with Gasteiger partial charge in [-0.3, -0.25) is 4.79 Å². The second kappa shape index (κ2) is 7.64. The van der Waals surface area contributed by atoms with Gasteiger partial charge >= 0.3 is 0 Å². The molecule has 0 aliphatic carbocycles. The SMILES string of the molecule is CC(C)C(CNC(=O)c1ccc2nc(C(F)F)[nH]c2c1)c1ccccc1. The number of H-pyrrole nitrogens is 1. The molecular formula is C20H21F2N3O. The maximum absolute atomic E-state index is 12.7. The van der Waals surface area contributed by atoms with Crippen LogP contribution in [0.2, 0.25) is 0 Å². The van der Waals surface area contributed by atoms with Crippen LogP contribution in [0.3, 0.4) is 0 Å². The first-order chi connectivity index (χ1) is 12.5. The van der Waals surface area contributed by atoms with E-state index >= 15 is 0 Å². The number of rotatable bonds is 6. The summed E-state index contributed by atoms with van der Waals surface area (Å²) < 4.78 is 25.5. The summed E-state index contributed by atoms with van der Waals surface area (Å²) in [5, 5.41) is 2.95. The second-order valence-corrected chi connectivity index (χ2v) is 6.63. The van der Waals surface area contributed by atoms with Crippen molar-refractivity contribution in [3.8, 4) is 0 Å². The van der Waals surface area contributed by atoms with Crippen molar-refractivity contribution in [2.75, 3.05) is 6.54 Å². The Morgan fingerprint density at radius 3 is 2.54 bits per heavy atom. The fourth-order valence-electron chi connectivity index (χ4n) is 3.02. The topological polar surface area (TPSA) is 57.8 Å². The average molecular weight is 357 g/mol. The van der Waals surface area contributed by atoms with Crippen LogP contribution in [0.1, 0.15) is 47.9 Å². The summed E-state index contributed by atoms with van der Waals surface area (Å²) in [6, 6.07) is 14.8. The molecule has 2 aromatic carbocycles. The summed E-state index contributed by atoms with van der Waals surface area (Å²) in [6.45, 7) is 4.74. The zero-order chi connectivity index (χ0) is 18.7. The van der Waals surface area contributed by atoms with E-state index in [1.54, 1.807) is 18.2 Å². The van der Waals surface area contributed by atoms with Gasteiger partial charge in [-0.15, -0.1) is 0 Å². The van der Waals surface area contributed by atoms with Crippen LogP contribution in [-0.2, 0) is 0 Å². The highest BCUT2D eigenvalue weighted by atomic mass is 19.3. The van der Waals surface area contributed by atoms with Gasteiger partial charge in [0.15, 0.2) is 5.82 Å². The van der Waals surface area contributed by atoms with Crippen molar-refractivity contribution in [3.63, 3.8) is 0 Å². The van der Waals surface area contributed by atoms with E-state index in [9.17, 15) is 13.6 Å². The molecule has 136 valence electrons. The molecule has 0 spiro atoms. The minimum atomic E-state index is -2.67. The lowest BCUT2D eigenvalue weighted by Gasteiger charge is -2.22. The van der Waals surface area contributed by atoms with Gasteiger partial charge in [0, 0.05) is 18.0 Å². The molecule has 3 rings (SSSR count). The zero-order valence-electron chi connectivity index (χ0n) is 14.7. The molecule has 1 unspecified atom stereocenters. The quantitative estimate of drug-likeness (QED) is 0.673. The number of carbonyl (C=O) groups is 1. The number of carbonyl (C=O) groups excluding carboxylic acids is 1. The summed E-state index contributed by atoms with van der Waals surface area (Å²) in [4.78, 5) is 18.9. The summed E-state index contributed by atoms with van der Waals surface area (Å²) in [7, 11) is 0. The third-order valence-electron chi connectivity index (χ3n) is 4.48. The number of benzene rings is 2. The largest absolute Gasteiger partial charge is 0.351 e. The highest BCUT2D eigenvalue weighted by molar-refractivity contribution is 5.97. The number of aromatic nitrogens is 2. The van der Waals surface area contributed by atoms with Crippen LogP contribution in [-0.4, -0.2) is 22.4 Å². The van der Waals surface area contributed by atoms with Gasteiger partial charge in [0.05, 0.1) is 11.0 Å². The Morgan fingerprint density at radius 1 is 1.15 bits per heavy atom. The summed E-state index contributed by atoms with van der Waals surface area (Å²) in [5.74, 6) is -0.0638. The number of aromatic amines is 1. The van der Waals surface area contributed by atoms with Gasteiger partial charge in [-0.05, 0) is 29.7 Å². The number of alkyl halides is 2. The molecule has 6 heteroatoms.